The third kappa shape index (κ3) is 2.13. The maximum Gasteiger partial charge on any atom is 0.212 e. The topological polar surface area (TPSA) is 29.1 Å². The van der Waals surface area contributed by atoms with E-state index < -0.39 is 0 Å². The first-order valence-corrected chi connectivity index (χ1v) is 3.96. The van der Waals surface area contributed by atoms with E-state index in [1.165, 1.54) is 5.56 Å². The quantitative estimate of drug-likeness (QED) is 0.549. The maximum absolute atomic E-state index is 10.1. The number of rotatable bonds is 2. The molecular weight excluding hydrogens is 170 g/mol. The molecular formula is C9H9NOS. The van der Waals surface area contributed by atoms with Gasteiger partial charge in [-0.25, -0.2) is 0 Å². The first-order valence-electron chi connectivity index (χ1n) is 3.55. The fraction of sp³-hybridized carbons (Fsp3) is 0.111. The molecule has 0 saturated heterocycles. The number of benzene rings is 1. The van der Waals surface area contributed by atoms with Crippen molar-refractivity contribution in [1.82, 2.24) is 5.32 Å². The van der Waals surface area contributed by atoms with Crippen molar-refractivity contribution in [2.24, 2.45) is 0 Å². The van der Waals surface area contributed by atoms with Crippen molar-refractivity contribution in [1.29, 1.82) is 0 Å². The summed E-state index contributed by atoms with van der Waals surface area (Å²) in [7, 11) is 0. The monoisotopic (exact) mass is 179 g/mol. The fourth-order valence-electron chi connectivity index (χ4n) is 0.842. The van der Waals surface area contributed by atoms with Crippen molar-refractivity contribution in [2.75, 3.05) is 0 Å². The van der Waals surface area contributed by atoms with E-state index in [9.17, 15) is 4.79 Å². The van der Waals surface area contributed by atoms with E-state index in [4.69, 9.17) is 12.2 Å². The van der Waals surface area contributed by atoms with Crippen LogP contribution in [-0.4, -0.2) is 11.4 Å². The maximum atomic E-state index is 10.1. The first kappa shape index (κ1) is 8.87. The Morgan fingerprint density at radius 1 is 1.42 bits per heavy atom. The van der Waals surface area contributed by atoms with Crippen molar-refractivity contribution < 1.29 is 4.79 Å². The van der Waals surface area contributed by atoms with Gasteiger partial charge in [0.25, 0.3) is 0 Å². The summed E-state index contributed by atoms with van der Waals surface area (Å²) in [6.07, 6.45) is 0.586. The van der Waals surface area contributed by atoms with Gasteiger partial charge in [0.1, 0.15) is 4.99 Å². The minimum absolute atomic E-state index is 0.463. The molecule has 0 aliphatic rings. The van der Waals surface area contributed by atoms with Crippen molar-refractivity contribution >= 4 is 23.6 Å². The molecule has 0 unspecified atom stereocenters. The Bertz CT molecular complexity index is 292. The number of hydrogen-bond donors (Lipinski definition) is 1. The van der Waals surface area contributed by atoms with E-state index in [0.717, 1.165) is 5.56 Å². The van der Waals surface area contributed by atoms with Crippen molar-refractivity contribution in [2.45, 2.75) is 6.92 Å². The van der Waals surface area contributed by atoms with Gasteiger partial charge in [0.15, 0.2) is 0 Å². The summed E-state index contributed by atoms with van der Waals surface area (Å²) in [5.41, 5.74) is 2.04. The summed E-state index contributed by atoms with van der Waals surface area (Å²) in [4.78, 5) is 10.5. The van der Waals surface area contributed by atoms with E-state index in [0.29, 0.717) is 11.4 Å². The average Bonchev–Trinajstić information content (AvgIpc) is 2.06. The van der Waals surface area contributed by atoms with E-state index in [2.05, 4.69) is 5.32 Å². The van der Waals surface area contributed by atoms with Crippen LogP contribution >= 0.6 is 12.2 Å². The lowest BCUT2D eigenvalue weighted by Crippen LogP contribution is -2.19. The van der Waals surface area contributed by atoms with Gasteiger partial charge in [-0.05, 0) is 6.92 Å². The van der Waals surface area contributed by atoms with Crippen LogP contribution in [0.5, 0.6) is 0 Å². The predicted octanol–water partition coefficient (Wildman–Crippen LogP) is 1.42. The van der Waals surface area contributed by atoms with E-state index >= 15 is 0 Å². The highest BCUT2D eigenvalue weighted by Crippen LogP contribution is 2.02. The number of aryl methyl sites for hydroxylation is 1. The molecule has 0 fully saturated rings. The zero-order valence-electron chi connectivity index (χ0n) is 6.70. The van der Waals surface area contributed by atoms with Gasteiger partial charge in [0.05, 0.1) is 0 Å². The molecule has 62 valence electrons. The van der Waals surface area contributed by atoms with Gasteiger partial charge in [-0.3, -0.25) is 4.79 Å². The highest BCUT2D eigenvalue weighted by molar-refractivity contribution is 7.80. The SMILES string of the molecule is Cc1ccc(C(=S)NC=O)cc1. The molecule has 1 rings (SSSR count). The number of hydrogen-bond acceptors (Lipinski definition) is 2. The minimum Gasteiger partial charge on any atom is -0.319 e. The number of carbonyl (C=O) groups is 1. The second-order valence-electron chi connectivity index (χ2n) is 2.46. The molecule has 1 aromatic rings. The lowest BCUT2D eigenvalue weighted by molar-refractivity contribution is -0.108. The van der Waals surface area contributed by atoms with Crippen molar-refractivity contribution in [3.05, 3.63) is 35.4 Å². The van der Waals surface area contributed by atoms with Crippen LogP contribution in [0, 0.1) is 6.92 Å². The molecule has 0 aliphatic heterocycles. The summed E-state index contributed by atoms with van der Waals surface area (Å²) < 4.78 is 0. The molecule has 2 nitrogen and oxygen atoms in total. The van der Waals surface area contributed by atoms with Crippen LogP contribution in [0.3, 0.4) is 0 Å². The van der Waals surface area contributed by atoms with E-state index in [1.807, 2.05) is 31.2 Å². The van der Waals surface area contributed by atoms with Gasteiger partial charge >= 0.3 is 0 Å². The molecule has 0 atom stereocenters. The zero-order valence-corrected chi connectivity index (χ0v) is 7.52. The van der Waals surface area contributed by atoms with Crippen LogP contribution in [0.4, 0.5) is 0 Å². The lowest BCUT2D eigenvalue weighted by atomic mass is 10.1. The largest absolute Gasteiger partial charge is 0.319 e. The highest BCUT2D eigenvalue weighted by Gasteiger charge is 1.97. The molecule has 3 heteroatoms. The molecule has 0 heterocycles. The van der Waals surface area contributed by atoms with E-state index in [-0.39, 0.29) is 0 Å². The Hall–Kier alpha value is -1.22. The smallest absolute Gasteiger partial charge is 0.212 e. The molecule has 1 amide bonds. The Morgan fingerprint density at radius 3 is 2.50 bits per heavy atom. The summed E-state index contributed by atoms with van der Waals surface area (Å²) in [5.74, 6) is 0. The normalized spacial score (nSPS) is 9.08. The summed E-state index contributed by atoms with van der Waals surface area (Å²) in [6.45, 7) is 2.00. The van der Waals surface area contributed by atoms with Crippen LogP contribution in [0.15, 0.2) is 24.3 Å². The number of carbonyl (C=O) groups excluding carboxylic acids is 1. The van der Waals surface area contributed by atoms with Crippen LogP contribution in [-0.2, 0) is 4.79 Å². The zero-order chi connectivity index (χ0) is 8.97. The van der Waals surface area contributed by atoms with Gasteiger partial charge in [-0.2, -0.15) is 0 Å². The summed E-state index contributed by atoms with van der Waals surface area (Å²) in [5, 5.41) is 2.43. The molecule has 0 aliphatic carbocycles. The number of thiocarbonyl (C=S) groups is 1. The van der Waals surface area contributed by atoms with Crippen LogP contribution < -0.4 is 5.32 Å². The molecule has 0 bridgehead atoms. The number of amides is 1. The van der Waals surface area contributed by atoms with Crippen LogP contribution in [0.1, 0.15) is 11.1 Å². The molecule has 0 radical (unpaired) electrons. The summed E-state index contributed by atoms with van der Waals surface area (Å²) >= 11 is 4.92. The molecule has 0 spiro atoms. The Balaban J connectivity index is 2.82. The Labute approximate surface area is 76.6 Å². The van der Waals surface area contributed by atoms with Gasteiger partial charge in [-0.15, -0.1) is 0 Å². The highest BCUT2D eigenvalue weighted by atomic mass is 32.1. The third-order valence-corrected chi connectivity index (χ3v) is 1.86. The summed E-state index contributed by atoms with van der Waals surface area (Å²) in [6, 6.07) is 7.67. The molecule has 1 N–H and O–H groups in total. The van der Waals surface area contributed by atoms with Gasteiger partial charge in [-0.1, -0.05) is 42.0 Å². The number of nitrogens with one attached hydrogen (secondary N) is 1. The fourth-order valence-corrected chi connectivity index (χ4v) is 1.03. The third-order valence-electron chi connectivity index (χ3n) is 1.50. The van der Waals surface area contributed by atoms with Gasteiger partial charge in [0.2, 0.25) is 6.41 Å². The van der Waals surface area contributed by atoms with Crippen LogP contribution in [0.25, 0.3) is 0 Å². The minimum atomic E-state index is 0.463. The molecule has 0 saturated carbocycles. The van der Waals surface area contributed by atoms with E-state index in [1.54, 1.807) is 0 Å². The average molecular weight is 179 g/mol. The van der Waals surface area contributed by atoms with Gasteiger partial charge < -0.3 is 5.32 Å². The second kappa shape index (κ2) is 3.97. The molecule has 0 aromatic heterocycles. The second-order valence-corrected chi connectivity index (χ2v) is 2.87. The first-order chi connectivity index (χ1) is 5.74. The predicted molar refractivity (Wildman–Crippen MR) is 52.1 cm³/mol. The van der Waals surface area contributed by atoms with Crippen molar-refractivity contribution in [3.8, 4) is 0 Å². The molecule has 12 heavy (non-hydrogen) atoms. The Morgan fingerprint density at radius 2 is 2.00 bits per heavy atom. The van der Waals surface area contributed by atoms with Crippen LogP contribution in [0.2, 0.25) is 0 Å². The van der Waals surface area contributed by atoms with Gasteiger partial charge in [0, 0.05) is 5.56 Å². The lowest BCUT2D eigenvalue weighted by Gasteiger charge is -2.01. The Kier molecular flexibility index (Phi) is 2.94. The molecule has 1 aromatic carbocycles. The van der Waals surface area contributed by atoms with Crippen molar-refractivity contribution in [3.63, 3.8) is 0 Å². The standard InChI is InChI=1S/C9H9NOS/c1-7-2-4-8(5-3-7)9(12)10-6-11/h2-6H,1H3,(H,10,11,12).